The molecule has 0 heterocycles. The molecule has 0 aromatic heterocycles. The van der Waals surface area contributed by atoms with Crippen LogP contribution in [-0.4, -0.2) is 20.9 Å². The molecule has 0 amide bonds. The standard InChI is InChI=1S/C9H14N2O2/c1-12-8-3-7(11-6-10)4-9(5-8)13-2/h3-5,11H,6,10H2,1-2H3. The quantitative estimate of drug-likeness (QED) is 0.683. The lowest BCUT2D eigenvalue weighted by molar-refractivity contribution is 0.394. The number of benzene rings is 1. The summed E-state index contributed by atoms with van der Waals surface area (Å²) in [6.45, 7) is 0.385. The summed E-state index contributed by atoms with van der Waals surface area (Å²) in [6.07, 6.45) is 0. The summed E-state index contributed by atoms with van der Waals surface area (Å²) in [5, 5.41) is 2.97. The Morgan fingerprint density at radius 3 is 2.08 bits per heavy atom. The van der Waals surface area contributed by atoms with Gasteiger partial charge in [-0.05, 0) is 0 Å². The minimum atomic E-state index is 0.385. The Morgan fingerprint density at radius 2 is 1.69 bits per heavy atom. The van der Waals surface area contributed by atoms with Crippen LogP contribution in [0.1, 0.15) is 0 Å². The van der Waals surface area contributed by atoms with Crippen LogP contribution in [0.5, 0.6) is 11.5 Å². The zero-order valence-electron chi connectivity index (χ0n) is 7.83. The van der Waals surface area contributed by atoms with Gasteiger partial charge >= 0.3 is 0 Å². The highest BCUT2D eigenvalue weighted by Gasteiger charge is 1.99. The molecule has 0 bridgehead atoms. The van der Waals surface area contributed by atoms with Crippen LogP contribution in [0.15, 0.2) is 18.2 Å². The van der Waals surface area contributed by atoms with Crippen LogP contribution in [0.25, 0.3) is 0 Å². The van der Waals surface area contributed by atoms with E-state index in [0.29, 0.717) is 6.67 Å². The Balaban J connectivity index is 2.93. The van der Waals surface area contributed by atoms with Crippen molar-refractivity contribution in [3.8, 4) is 11.5 Å². The number of methoxy groups -OCH3 is 2. The van der Waals surface area contributed by atoms with Crippen molar-refractivity contribution < 1.29 is 9.47 Å². The summed E-state index contributed by atoms with van der Waals surface area (Å²) in [5.74, 6) is 1.49. The second-order valence-corrected chi connectivity index (χ2v) is 2.48. The largest absolute Gasteiger partial charge is 0.497 e. The van der Waals surface area contributed by atoms with Gasteiger partial charge in [0.25, 0.3) is 0 Å². The number of rotatable bonds is 4. The molecule has 0 saturated carbocycles. The van der Waals surface area contributed by atoms with Gasteiger partial charge in [0.2, 0.25) is 0 Å². The third-order valence-electron chi connectivity index (χ3n) is 1.66. The molecule has 3 N–H and O–H groups in total. The van der Waals surface area contributed by atoms with Gasteiger partial charge in [-0.25, -0.2) is 0 Å². The molecule has 0 unspecified atom stereocenters. The molecular weight excluding hydrogens is 168 g/mol. The molecule has 13 heavy (non-hydrogen) atoms. The van der Waals surface area contributed by atoms with E-state index in [-0.39, 0.29) is 0 Å². The molecule has 0 saturated heterocycles. The highest BCUT2D eigenvalue weighted by molar-refractivity contribution is 5.53. The third-order valence-corrected chi connectivity index (χ3v) is 1.66. The molecular formula is C9H14N2O2. The van der Waals surface area contributed by atoms with Crippen molar-refractivity contribution in [1.29, 1.82) is 0 Å². The molecule has 1 rings (SSSR count). The number of ether oxygens (including phenoxy) is 2. The lowest BCUT2D eigenvalue weighted by Crippen LogP contribution is -2.10. The van der Waals surface area contributed by atoms with E-state index < -0.39 is 0 Å². The lowest BCUT2D eigenvalue weighted by atomic mass is 10.3. The summed E-state index contributed by atoms with van der Waals surface area (Å²) in [4.78, 5) is 0. The number of nitrogens with two attached hydrogens (primary N) is 1. The maximum absolute atomic E-state index is 5.35. The van der Waals surface area contributed by atoms with Crippen molar-refractivity contribution in [2.45, 2.75) is 0 Å². The molecule has 1 aromatic carbocycles. The molecule has 0 spiro atoms. The van der Waals surface area contributed by atoms with Gasteiger partial charge in [-0.3, -0.25) is 0 Å². The van der Waals surface area contributed by atoms with Gasteiger partial charge in [0.1, 0.15) is 11.5 Å². The maximum Gasteiger partial charge on any atom is 0.124 e. The van der Waals surface area contributed by atoms with Crippen LogP contribution in [-0.2, 0) is 0 Å². The molecule has 0 radical (unpaired) electrons. The van der Waals surface area contributed by atoms with Crippen LogP contribution in [0.3, 0.4) is 0 Å². The molecule has 4 nitrogen and oxygen atoms in total. The van der Waals surface area contributed by atoms with E-state index in [1.54, 1.807) is 14.2 Å². The predicted molar refractivity (Wildman–Crippen MR) is 52.2 cm³/mol. The van der Waals surface area contributed by atoms with Crippen molar-refractivity contribution in [3.05, 3.63) is 18.2 Å². The molecule has 0 aliphatic heterocycles. The maximum atomic E-state index is 5.35. The van der Waals surface area contributed by atoms with Gasteiger partial charge in [-0.15, -0.1) is 0 Å². The molecule has 72 valence electrons. The Labute approximate surface area is 77.6 Å². The second kappa shape index (κ2) is 4.57. The van der Waals surface area contributed by atoms with Crippen LogP contribution in [0, 0.1) is 0 Å². The Morgan fingerprint density at radius 1 is 1.15 bits per heavy atom. The SMILES string of the molecule is COc1cc(NCN)cc(OC)c1. The van der Waals surface area contributed by atoms with E-state index >= 15 is 0 Å². The fourth-order valence-corrected chi connectivity index (χ4v) is 1.03. The van der Waals surface area contributed by atoms with Gasteiger partial charge in [0.05, 0.1) is 20.9 Å². The zero-order chi connectivity index (χ0) is 9.68. The molecule has 0 fully saturated rings. The summed E-state index contributed by atoms with van der Waals surface area (Å²) < 4.78 is 10.2. The van der Waals surface area contributed by atoms with Crippen molar-refractivity contribution in [2.75, 3.05) is 26.2 Å². The fourth-order valence-electron chi connectivity index (χ4n) is 1.03. The first-order valence-corrected chi connectivity index (χ1v) is 3.97. The summed E-state index contributed by atoms with van der Waals surface area (Å²) >= 11 is 0. The van der Waals surface area contributed by atoms with Gasteiger partial charge in [0.15, 0.2) is 0 Å². The Kier molecular flexibility index (Phi) is 3.40. The van der Waals surface area contributed by atoms with Gasteiger partial charge in [0, 0.05) is 23.9 Å². The zero-order valence-corrected chi connectivity index (χ0v) is 7.83. The van der Waals surface area contributed by atoms with E-state index in [1.165, 1.54) is 0 Å². The van der Waals surface area contributed by atoms with E-state index in [4.69, 9.17) is 15.2 Å². The van der Waals surface area contributed by atoms with Crippen molar-refractivity contribution in [1.82, 2.24) is 0 Å². The molecule has 1 aromatic rings. The van der Waals surface area contributed by atoms with Crippen LogP contribution >= 0.6 is 0 Å². The van der Waals surface area contributed by atoms with E-state index in [1.807, 2.05) is 18.2 Å². The van der Waals surface area contributed by atoms with Crippen molar-refractivity contribution >= 4 is 5.69 Å². The molecule has 0 atom stereocenters. The molecule has 4 heteroatoms. The van der Waals surface area contributed by atoms with Gasteiger partial charge in [-0.1, -0.05) is 0 Å². The van der Waals surface area contributed by atoms with Crippen LogP contribution < -0.4 is 20.5 Å². The number of hydrogen-bond donors (Lipinski definition) is 2. The number of nitrogens with one attached hydrogen (secondary N) is 1. The van der Waals surface area contributed by atoms with Crippen molar-refractivity contribution in [2.24, 2.45) is 5.73 Å². The molecule has 0 aliphatic carbocycles. The average molecular weight is 182 g/mol. The first-order valence-electron chi connectivity index (χ1n) is 3.97. The predicted octanol–water partition coefficient (Wildman–Crippen LogP) is 1.03. The lowest BCUT2D eigenvalue weighted by Gasteiger charge is -2.08. The minimum absolute atomic E-state index is 0.385. The normalized spacial score (nSPS) is 9.46. The van der Waals surface area contributed by atoms with Crippen LogP contribution in [0.2, 0.25) is 0 Å². The van der Waals surface area contributed by atoms with Gasteiger partial charge in [-0.2, -0.15) is 0 Å². The first-order chi connectivity index (χ1) is 6.30. The minimum Gasteiger partial charge on any atom is -0.497 e. The van der Waals surface area contributed by atoms with E-state index in [9.17, 15) is 0 Å². The van der Waals surface area contributed by atoms with E-state index in [2.05, 4.69) is 5.32 Å². The second-order valence-electron chi connectivity index (χ2n) is 2.48. The smallest absolute Gasteiger partial charge is 0.124 e. The first kappa shape index (κ1) is 9.67. The summed E-state index contributed by atoms with van der Waals surface area (Å²) in [6, 6.07) is 5.52. The summed E-state index contributed by atoms with van der Waals surface area (Å²) in [5.41, 5.74) is 6.24. The van der Waals surface area contributed by atoms with Gasteiger partial charge < -0.3 is 20.5 Å². The fraction of sp³-hybridized carbons (Fsp3) is 0.333. The number of anilines is 1. The molecule has 0 aliphatic rings. The highest BCUT2D eigenvalue weighted by Crippen LogP contribution is 2.25. The topological polar surface area (TPSA) is 56.5 Å². The van der Waals surface area contributed by atoms with E-state index in [0.717, 1.165) is 17.2 Å². The Hall–Kier alpha value is -1.42. The Bertz CT molecular complexity index is 254. The van der Waals surface area contributed by atoms with Crippen LogP contribution in [0.4, 0.5) is 5.69 Å². The van der Waals surface area contributed by atoms with Crippen molar-refractivity contribution in [3.63, 3.8) is 0 Å². The average Bonchev–Trinajstić information content (AvgIpc) is 2.17. The monoisotopic (exact) mass is 182 g/mol. The third kappa shape index (κ3) is 2.52. The summed E-state index contributed by atoms with van der Waals surface area (Å²) in [7, 11) is 3.22. The highest BCUT2D eigenvalue weighted by atomic mass is 16.5. The number of hydrogen-bond acceptors (Lipinski definition) is 4.